The third-order valence-corrected chi connectivity index (χ3v) is 4.63. The van der Waals surface area contributed by atoms with E-state index in [0.717, 1.165) is 16.6 Å². The zero-order valence-corrected chi connectivity index (χ0v) is 13.9. The quantitative estimate of drug-likeness (QED) is 0.716. The molecule has 1 atom stereocenters. The van der Waals surface area contributed by atoms with Gasteiger partial charge in [-0.2, -0.15) is 20.1 Å². The van der Waals surface area contributed by atoms with Crippen LogP contribution in [0.15, 0.2) is 36.7 Å². The number of carbonyl (C=O) groups excluding carboxylic acids is 1. The summed E-state index contributed by atoms with van der Waals surface area (Å²) in [4.78, 5) is 13.9. The van der Waals surface area contributed by atoms with Crippen molar-refractivity contribution in [1.82, 2.24) is 30.1 Å². The molecule has 25 heavy (non-hydrogen) atoms. The van der Waals surface area contributed by atoms with Crippen LogP contribution in [-0.4, -0.2) is 41.9 Å². The smallest absolute Gasteiger partial charge is 0.244 e. The lowest BCUT2D eigenvalue weighted by Crippen LogP contribution is -2.42. The Hall–Kier alpha value is -2.74. The van der Waals surface area contributed by atoms with Crippen LogP contribution in [0.4, 0.5) is 0 Å². The molecule has 1 aliphatic carbocycles. The molecule has 0 radical (unpaired) electrons. The number of fused-ring (bicyclic) bond motifs is 1. The Balaban J connectivity index is 1.48. The number of benzene rings is 1. The van der Waals surface area contributed by atoms with Gasteiger partial charge in [-0.25, -0.2) is 0 Å². The second kappa shape index (κ2) is 6.29. The van der Waals surface area contributed by atoms with Crippen molar-refractivity contribution in [1.29, 1.82) is 0 Å². The fourth-order valence-corrected chi connectivity index (χ4v) is 3.30. The Morgan fingerprint density at radius 1 is 1.32 bits per heavy atom. The van der Waals surface area contributed by atoms with Crippen molar-refractivity contribution in [3.63, 3.8) is 0 Å². The van der Waals surface area contributed by atoms with Crippen LogP contribution >= 0.6 is 0 Å². The van der Waals surface area contributed by atoms with Crippen molar-refractivity contribution in [2.24, 2.45) is 13.0 Å². The van der Waals surface area contributed by atoms with Crippen molar-refractivity contribution in [3.05, 3.63) is 42.2 Å². The summed E-state index contributed by atoms with van der Waals surface area (Å²) >= 11 is 0. The first kappa shape index (κ1) is 15.8. The fourth-order valence-electron chi connectivity index (χ4n) is 3.30. The first-order chi connectivity index (χ1) is 12.1. The van der Waals surface area contributed by atoms with Crippen LogP contribution in [0.2, 0.25) is 0 Å². The maximum absolute atomic E-state index is 12.5. The van der Waals surface area contributed by atoms with Crippen molar-refractivity contribution in [2.45, 2.75) is 31.5 Å². The standard InChI is InChI=1S/C17H20N6O2/c1-22-9-12(8-18-22)17(11-6-13(24)7-11)19-16(25)10-23-20-14-4-2-3-5-15(14)21-23/h2-5,8-9,11,13,17,24H,6-7,10H2,1H3,(H,19,25). The average molecular weight is 340 g/mol. The molecule has 1 unspecified atom stereocenters. The highest BCUT2D eigenvalue weighted by Crippen LogP contribution is 2.37. The minimum absolute atomic E-state index is 0.0563. The van der Waals surface area contributed by atoms with Crippen LogP contribution in [0.5, 0.6) is 0 Å². The van der Waals surface area contributed by atoms with Gasteiger partial charge in [0.25, 0.3) is 0 Å². The Kier molecular flexibility index (Phi) is 3.96. The lowest BCUT2D eigenvalue weighted by Gasteiger charge is -2.37. The highest BCUT2D eigenvalue weighted by Gasteiger charge is 2.36. The normalized spacial score (nSPS) is 21.0. The number of aryl methyl sites for hydroxylation is 1. The number of nitrogens with one attached hydrogen (secondary N) is 1. The van der Waals surface area contributed by atoms with E-state index in [9.17, 15) is 9.90 Å². The minimum atomic E-state index is -0.279. The number of nitrogens with zero attached hydrogens (tertiary/aromatic N) is 5. The van der Waals surface area contributed by atoms with E-state index in [2.05, 4.69) is 20.6 Å². The Bertz CT molecular complexity index is 862. The SMILES string of the molecule is Cn1cc(C(NC(=O)Cn2nc3ccccc3n2)C2CC(O)C2)cn1. The minimum Gasteiger partial charge on any atom is -0.393 e. The van der Waals surface area contributed by atoms with Gasteiger partial charge >= 0.3 is 0 Å². The van der Waals surface area contributed by atoms with E-state index in [1.807, 2.05) is 37.5 Å². The van der Waals surface area contributed by atoms with Gasteiger partial charge in [-0.05, 0) is 30.9 Å². The average Bonchev–Trinajstić information content (AvgIpc) is 3.15. The summed E-state index contributed by atoms with van der Waals surface area (Å²) in [6.45, 7) is 0.0563. The van der Waals surface area contributed by atoms with Gasteiger partial charge in [0.1, 0.15) is 17.6 Å². The molecule has 2 heterocycles. The van der Waals surface area contributed by atoms with Gasteiger partial charge in [-0.3, -0.25) is 9.48 Å². The summed E-state index contributed by atoms with van der Waals surface area (Å²) in [5.74, 6) is 0.0587. The Morgan fingerprint density at radius 2 is 2.00 bits per heavy atom. The third kappa shape index (κ3) is 3.25. The molecule has 2 aromatic heterocycles. The molecule has 0 bridgehead atoms. The largest absolute Gasteiger partial charge is 0.393 e. The number of rotatable bonds is 5. The van der Waals surface area contributed by atoms with Crippen molar-refractivity contribution >= 4 is 16.9 Å². The number of hydrogen-bond acceptors (Lipinski definition) is 5. The van der Waals surface area contributed by atoms with E-state index < -0.39 is 0 Å². The number of carbonyl (C=O) groups is 1. The maximum atomic E-state index is 12.5. The molecule has 1 amide bonds. The van der Waals surface area contributed by atoms with Gasteiger partial charge in [-0.1, -0.05) is 12.1 Å². The van der Waals surface area contributed by atoms with E-state index in [0.29, 0.717) is 12.8 Å². The van der Waals surface area contributed by atoms with Gasteiger partial charge in [0.2, 0.25) is 5.91 Å². The Morgan fingerprint density at radius 3 is 2.56 bits per heavy atom. The van der Waals surface area contributed by atoms with Crippen LogP contribution in [-0.2, 0) is 18.4 Å². The molecular formula is C17H20N6O2. The number of aliphatic hydroxyl groups is 1. The number of amides is 1. The summed E-state index contributed by atoms with van der Waals surface area (Å²) in [6, 6.07) is 7.36. The predicted octanol–water partition coefficient (Wildman–Crippen LogP) is 0.793. The molecule has 1 saturated carbocycles. The fraction of sp³-hybridized carbons (Fsp3) is 0.412. The zero-order chi connectivity index (χ0) is 17.4. The summed E-state index contributed by atoms with van der Waals surface area (Å²) in [5, 5.41) is 25.5. The van der Waals surface area contributed by atoms with Gasteiger partial charge in [0.05, 0.1) is 18.3 Å². The van der Waals surface area contributed by atoms with Crippen LogP contribution in [0, 0.1) is 5.92 Å². The van der Waals surface area contributed by atoms with E-state index in [1.165, 1.54) is 4.80 Å². The molecule has 0 aliphatic heterocycles. The van der Waals surface area contributed by atoms with E-state index in [-0.39, 0.29) is 30.5 Å². The number of aliphatic hydroxyl groups excluding tert-OH is 1. The summed E-state index contributed by atoms with van der Waals surface area (Å²) in [7, 11) is 1.84. The first-order valence-electron chi connectivity index (χ1n) is 8.34. The molecule has 1 aromatic carbocycles. The molecule has 2 N–H and O–H groups in total. The van der Waals surface area contributed by atoms with E-state index >= 15 is 0 Å². The maximum Gasteiger partial charge on any atom is 0.244 e. The van der Waals surface area contributed by atoms with Crippen molar-refractivity contribution in [2.75, 3.05) is 0 Å². The zero-order valence-electron chi connectivity index (χ0n) is 13.9. The van der Waals surface area contributed by atoms with Crippen molar-refractivity contribution < 1.29 is 9.90 Å². The molecular weight excluding hydrogens is 320 g/mol. The lowest BCUT2D eigenvalue weighted by atomic mass is 9.75. The molecule has 0 spiro atoms. The summed E-state index contributed by atoms with van der Waals surface area (Å²) in [5.41, 5.74) is 2.48. The van der Waals surface area contributed by atoms with Crippen LogP contribution in [0.1, 0.15) is 24.4 Å². The molecule has 1 fully saturated rings. The van der Waals surface area contributed by atoms with Gasteiger partial charge in [0.15, 0.2) is 0 Å². The van der Waals surface area contributed by atoms with Gasteiger partial charge < -0.3 is 10.4 Å². The molecule has 130 valence electrons. The summed E-state index contributed by atoms with van der Waals surface area (Å²) in [6.07, 6.45) is 4.75. The molecule has 8 nitrogen and oxygen atoms in total. The summed E-state index contributed by atoms with van der Waals surface area (Å²) < 4.78 is 1.71. The van der Waals surface area contributed by atoms with E-state index in [1.54, 1.807) is 10.9 Å². The van der Waals surface area contributed by atoms with Crippen LogP contribution < -0.4 is 5.32 Å². The first-order valence-corrected chi connectivity index (χ1v) is 8.34. The lowest BCUT2D eigenvalue weighted by molar-refractivity contribution is -0.124. The monoisotopic (exact) mass is 340 g/mol. The second-order valence-electron chi connectivity index (χ2n) is 6.60. The van der Waals surface area contributed by atoms with Crippen molar-refractivity contribution in [3.8, 4) is 0 Å². The van der Waals surface area contributed by atoms with E-state index in [4.69, 9.17) is 0 Å². The van der Waals surface area contributed by atoms with Crippen LogP contribution in [0.3, 0.4) is 0 Å². The topological polar surface area (TPSA) is 97.9 Å². The number of hydrogen-bond donors (Lipinski definition) is 2. The predicted molar refractivity (Wildman–Crippen MR) is 90.4 cm³/mol. The van der Waals surface area contributed by atoms with Gasteiger partial charge in [-0.15, -0.1) is 0 Å². The Labute approximate surface area is 144 Å². The molecule has 1 aliphatic rings. The van der Waals surface area contributed by atoms with Crippen LogP contribution in [0.25, 0.3) is 11.0 Å². The molecule has 3 aromatic rings. The van der Waals surface area contributed by atoms with Gasteiger partial charge in [0, 0.05) is 18.8 Å². The highest BCUT2D eigenvalue weighted by molar-refractivity contribution is 5.77. The third-order valence-electron chi connectivity index (χ3n) is 4.63. The molecule has 8 heteroatoms. The number of aromatic nitrogens is 5. The second-order valence-corrected chi connectivity index (χ2v) is 6.60. The highest BCUT2D eigenvalue weighted by atomic mass is 16.3. The molecule has 0 saturated heterocycles. The molecule has 4 rings (SSSR count).